The predicted octanol–water partition coefficient (Wildman–Crippen LogP) is 9.38. The van der Waals surface area contributed by atoms with E-state index in [9.17, 15) is 9.59 Å². The Morgan fingerprint density at radius 1 is 0.657 bits per heavy atom. The lowest BCUT2D eigenvalue weighted by molar-refractivity contribution is -0.137. The van der Waals surface area contributed by atoms with Crippen molar-refractivity contribution in [3.8, 4) is 11.5 Å². The van der Waals surface area contributed by atoms with Gasteiger partial charge in [-0.25, -0.2) is 0 Å². The first kappa shape index (κ1) is 31.2. The van der Waals surface area contributed by atoms with Gasteiger partial charge in [-0.05, 0) is 42.4 Å². The van der Waals surface area contributed by atoms with E-state index >= 15 is 0 Å². The molecule has 0 bridgehead atoms. The molecule has 0 saturated carbocycles. The van der Waals surface area contributed by atoms with Gasteiger partial charge in [0.1, 0.15) is 0 Å². The first-order valence-electron chi connectivity index (χ1n) is 14.3. The Morgan fingerprint density at radius 2 is 1.09 bits per heavy atom. The summed E-state index contributed by atoms with van der Waals surface area (Å²) in [5.74, 6) is 0.248. The molecule has 0 amide bonds. The molecule has 0 unspecified atom stereocenters. The Balaban J connectivity index is 2.70. The highest BCUT2D eigenvalue weighted by Crippen LogP contribution is 2.37. The van der Waals surface area contributed by atoms with Crippen LogP contribution >= 0.6 is 0 Å². The minimum atomic E-state index is -0.256. The molecule has 0 heterocycles. The smallest absolute Gasteiger partial charge is 0.311 e. The average molecular weight is 489 g/mol. The topological polar surface area (TPSA) is 52.6 Å². The lowest BCUT2D eigenvalue weighted by Gasteiger charge is -2.22. The summed E-state index contributed by atoms with van der Waals surface area (Å²) >= 11 is 0. The number of esters is 2. The van der Waals surface area contributed by atoms with Crippen molar-refractivity contribution in [2.75, 3.05) is 0 Å². The summed E-state index contributed by atoms with van der Waals surface area (Å²) in [6.45, 7) is 12.7. The first-order chi connectivity index (χ1) is 16.7. The zero-order valence-corrected chi connectivity index (χ0v) is 23.6. The molecule has 200 valence electrons. The second-order valence-corrected chi connectivity index (χ2v) is 11.1. The fourth-order valence-corrected chi connectivity index (χ4v) is 4.17. The molecule has 35 heavy (non-hydrogen) atoms. The van der Waals surface area contributed by atoms with Crippen molar-refractivity contribution in [3.05, 3.63) is 23.3 Å². The Kier molecular flexibility index (Phi) is 15.7. The standard InChI is InChI=1S/C31H52O4/c1-7-9-11-13-15-17-19-21-28(32)34-27-24-26(31(4,5)6)23-25(3)30(27)35-29(33)22-20-18-16-14-12-10-8-2/h23-24H,7-22H2,1-6H3. The van der Waals surface area contributed by atoms with Gasteiger partial charge in [0.05, 0.1) is 0 Å². The molecule has 0 N–H and O–H groups in total. The molecule has 0 fully saturated rings. The second kappa shape index (κ2) is 17.6. The van der Waals surface area contributed by atoms with Crippen LogP contribution in [0.1, 0.15) is 148 Å². The van der Waals surface area contributed by atoms with Crippen molar-refractivity contribution < 1.29 is 19.1 Å². The zero-order chi connectivity index (χ0) is 26.1. The summed E-state index contributed by atoms with van der Waals surface area (Å²) in [6.07, 6.45) is 16.9. The van der Waals surface area contributed by atoms with Crippen molar-refractivity contribution in [1.29, 1.82) is 0 Å². The predicted molar refractivity (Wildman–Crippen MR) is 146 cm³/mol. The van der Waals surface area contributed by atoms with Crippen LogP contribution in [0.15, 0.2) is 12.1 Å². The van der Waals surface area contributed by atoms with Gasteiger partial charge in [-0.1, -0.05) is 118 Å². The number of aryl methyl sites for hydroxylation is 1. The summed E-state index contributed by atoms with van der Waals surface area (Å²) in [4.78, 5) is 25.2. The molecular formula is C31H52O4. The lowest BCUT2D eigenvalue weighted by atomic mass is 9.86. The van der Waals surface area contributed by atoms with Crippen LogP contribution in [-0.4, -0.2) is 11.9 Å². The highest BCUT2D eigenvalue weighted by Gasteiger charge is 2.22. The monoisotopic (exact) mass is 488 g/mol. The molecule has 0 aromatic heterocycles. The third-order valence-corrected chi connectivity index (χ3v) is 6.52. The van der Waals surface area contributed by atoms with E-state index in [1.165, 1.54) is 51.4 Å². The van der Waals surface area contributed by atoms with E-state index in [0.29, 0.717) is 24.3 Å². The van der Waals surface area contributed by atoms with Crippen molar-refractivity contribution in [2.45, 2.75) is 150 Å². The highest BCUT2D eigenvalue weighted by molar-refractivity contribution is 5.77. The van der Waals surface area contributed by atoms with E-state index in [1.807, 2.05) is 19.1 Å². The maximum absolute atomic E-state index is 12.6. The van der Waals surface area contributed by atoms with Crippen molar-refractivity contribution >= 4 is 11.9 Å². The molecule has 0 spiro atoms. The van der Waals surface area contributed by atoms with E-state index in [2.05, 4.69) is 34.6 Å². The number of rotatable bonds is 18. The molecule has 0 atom stereocenters. The molecule has 0 aliphatic carbocycles. The number of carbonyl (C=O) groups excluding carboxylic acids is 2. The van der Waals surface area contributed by atoms with Gasteiger partial charge >= 0.3 is 11.9 Å². The summed E-state index contributed by atoms with van der Waals surface area (Å²) < 4.78 is 11.5. The number of hydrogen-bond donors (Lipinski definition) is 0. The van der Waals surface area contributed by atoms with Gasteiger partial charge in [0, 0.05) is 12.8 Å². The van der Waals surface area contributed by atoms with Crippen molar-refractivity contribution in [3.63, 3.8) is 0 Å². The third-order valence-electron chi connectivity index (χ3n) is 6.52. The summed E-state index contributed by atoms with van der Waals surface area (Å²) in [5.41, 5.74) is 1.77. The van der Waals surface area contributed by atoms with Crippen molar-refractivity contribution in [1.82, 2.24) is 0 Å². The number of ether oxygens (including phenoxy) is 2. The van der Waals surface area contributed by atoms with Crippen LogP contribution in [0.3, 0.4) is 0 Å². The minimum absolute atomic E-state index is 0.106. The van der Waals surface area contributed by atoms with Gasteiger partial charge in [0.15, 0.2) is 11.5 Å². The Bertz CT molecular complexity index is 745. The van der Waals surface area contributed by atoms with Gasteiger partial charge in [-0.3, -0.25) is 9.59 Å². The molecule has 0 saturated heterocycles. The van der Waals surface area contributed by atoms with Crippen LogP contribution in [0, 0.1) is 6.92 Å². The Hall–Kier alpha value is -1.84. The maximum atomic E-state index is 12.6. The quantitative estimate of drug-likeness (QED) is 0.117. The zero-order valence-electron chi connectivity index (χ0n) is 23.6. The molecule has 0 aliphatic rings. The Morgan fingerprint density at radius 3 is 1.54 bits per heavy atom. The largest absolute Gasteiger partial charge is 0.422 e. The molecule has 4 heteroatoms. The van der Waals surface area contributed by atoms with Crippen LogP contribution in [0.5, 0.6) is 11.5 Å². The van der Waals surface area contributed by atoms with Crippen LogP contribution in [-0.2, 0) is 15.0 Å². The van der Waals surface area contributed by atoms with E-state index in [-0.39, 0.29) is 17.4 Å². The molecule has 1 aromatic carbocycles. The SMILES string of the molecule is CCCCCCCCCC(=O)Oc1cc(C(C)(C)C)cc(C)c1OC(=O)CCCCCCCCC. The molecular weight excluding hydrogens is 436 g/mol. The van der Waals surface area contributed by atoms with Crippen molar-refractivity contribution in [2.24, 2.45) is 0 Å². The summed E-state index contributed by atoms with van der Waals surface area (Å²) in [6, 6.07) is 3.90. The van der Waals surface area contributed by atoms with E-state index in [1.54, 1.807) is 0 Å². The molecule has 4 nitrogen and oxygen atoms in total. The number of unbranched alkanes of at least 4 members (excludes halogenated alkanes) is 12. The van der Waals surface area contributed by atoms with Gasteiger partial charge in [-0.15, -0.1) is 0 Å². The van der Waals surface area contributed by atoms with Crippen LogP contribution in [0.25, 0.3) is 0 Å². The molecule has 0 radical (unpaired) electrons. The summed E-state index contributed by atoms with van der Waals surface area (Å²) in [5, 5.41) is 0. The van der Waals surface area contributed by atoms with E-state index in [4.69, 9.17) is 9.47 Å². The fourth-order valence-electron chi connectivity index (χ4n) is 4.17. The minimum Gasteiger partial charge on any atom is -0.422 e. The maximum Gasteiger partial charge on any atom is 0.311 e. The summed E-state index contributed by atoms with van der Waals surface area (Å²) in [7, 11) is 0. The average Bonchev–Trinajstić information content (AvgIpc) is 2.79. The van der Waals surface area contributed by atoms with Crippen LogP contribution in [0.4, 0.5) is 0 Å². The lowest BCUT2D eigenvalue weighted by Crippen LogP contribution is -2.16. The Labute approximate surface area is 215 Å². The highest BCUT2D eigenvalue weighted by atomic mass is 16.6. The number of hydrogen-bond acceptors (Lipinski definition) is 4. The van der Waals surface area contributed by atoms with Gasteiger partial charge in [-0.2, -0.15) is 0 Å². The van der Waals surface area contributed by atoms with E-state index in [0.717, 1.165) is 49.7 Å². The second-order valence-electron chi connectivity index (χ2n) is 11.1. The number of carbonyl (C=O) groups is 2. The van der Waals surface area contributed by atoms with Gasteiger partial charge in [0.2, 0.25) is 0 Å². The molecule has 0 aliphatic heterocycles. The molecule has 1 aromatic rings. The number of benzene rings is 1. The van der Waals surface area contributed by atoms with Gasteiger partial charge < -0.3 is 9.47 Å². The third kappa shape index (κ3) is 13.7. The van der Waals surface area contributed by atoms with Gasteiger partial charge in [0.25, 0.3) is 0 Å². The fraction of sp³-hybridized carbons (Fsp3) is 0.742. The normalized spacial score (nSPS) is 11.5. The van der Waals surface area contributed by atoms with E-state index < -0.39 is 0 Å². The van der Waals surface area contributed by atoms with Crippen LogP contribution in [0.2, 0.25) is 0 Å². The molecule has 1 rings (SSSR count). The van der Waals surface area contributed by atoms with Crippen LogP contribution < -0.4 is 9.47 Å². The first-order valence-corrected chi connectivity index (χ1v) is 14.3.